The van der Waals surface area contributed by atoms with Crippen molar-refractivity contribution >= 4 is 0 Å². The molecule has 0 aliphatic rings. The van der Waals surface area contributed by atoms with Gasteiger partial charge in [0.1, 0.15) is 0 Å². The molecule has 2 nitrogen and oxygen atoms in total. The average molecular weight is 238 g/mol. The Morgan fingerprint density at radius 2 is 2.11 bits per heavy atom. The molecule has 0 aromatic carbocycles. The predicted octanol–water partition coefficient (Wildman–Crippen LogP) is -1.82. The second-order valence-electron chi connectivity index (χ2n) is 1.86. The van der Waals surface area contributed by atoms with Crippen molar-refractivity contribution in [3.63, 3.8) is 0 Å². The molecule has 0 aliphatic heterocycles. The van der Waals surface area contributed by atoms with Crippen molar-refractivity contribution in [1.82, 2.24) is 5.16 Å². The van der Waals surface area contributed by atoms with Gasteiger partial charge < -0.3 is 0 Å². The Morgan fingerprint density at radius 1 is 1.44 bits per heavy atom. The molecule has 0 N–H and O–H groups in total. The van der Waals surface area contributed by atoms with Crippen LogP contribution in [0.4, 0.5) is 0 Å². The summed E-state index contributed by atoms with van der Waals surface area (Å²) in [5.74, 6) is 0. The van der Waals surface area contributed by atoms with Crippen LogP contribution in [-0.2, 0) is 0 Å². The molecule has 0 unspecified atom stereocenters. The maximum atomic E-state index is 5.04. The third-order valence-corrected chi connectivity index (χ3v) is 3.26. The number of aromatic nitrogens is 1. The van der Waals surface area contributed by atoms with Gasteiger partial charge in [-0.1, -0.05) is 0 Å². The van der Waals surface area contributed by atoms with Crippen LogP contribution in [0.5, 0.6) is 0 Å². The molecule has 0 bridgehead atoms. The van der Waals surface area contributed by atoms with Gasteiger partial charge in [0.25, 0.3) is 0 Å². The molecule has 1 heterocycles. The van der Waals surface area contributed by atoms with Crippen molar-refractivity contribution in [2.24, 2.45) is 0 Å². The molecule has 0 atom stereocenters. The van der Waals surface area contributed by atoms with E-state index in [0.29, 0.717) is 0 Å². The number of alkyl halides is 1. The van der Waals surface area contributed by atoms with E-state index in [1.807, 2.05) is 6.92 Å². The van der Waals surface area contributed by atoms with Gasteiger partial charge in [0.05, 0.1) is 0 Å². The minimum absolute atomic E-state index is 0.0793. The molecule has 1 aromatic rings. The van der Waals surface area contributed by atoms with Crippen LogP contribution in [0.15, 0.2) is 4.52 Å². The summed E-state index contributed by atoms with van der Waals surface area (Å²) < 4.78 is 6.16. The molecule has 0 spiro atoms. The van der Waals surface area contributed by atoms with Crippen LogP contribution in [-0.4, -0.2) is 10.1 Å². The summed E-state index contributed by atoms with van der Waals surface area (Å²) >= 11 is 0.0793. The second kappa shape index (κ2) is 2.68. The van der Waals surface area contributed by atoms with Gasteiger partial charge in [-0.15, -0.1) is 0 Å². The molecule has 1 aromatic heterocycles. The van der Waals surface area contributed by atoms with Crippen LogP contribution in [0.3, 0.4) is 0 Å². The number of aryl methyl sites for hydroxylation is 1. The van der Waals surface area contributed by atoms with E-state index in [4.69, 9.17) is 4.52 Å². The molecule has 52 valence electrons. The topological polar surface area (TPSA) is 26.0 Å². The van der Waals surface area contributed by atoms with Crippen LogP contribution in [0.2, 0.25) is 0 Å². The third kappa shape index (κ3) is 1.26. The number of nitrogens with zero attached hydrogens (tertiary/aromatic N) is 1. The van der Waals surface area contributed by atoms with Crippen LogP contribution < -0.4 is 21.2 Å². The van der Waals surface area contributed by atoms with Crippen LogP contribution in [0.1, 0.15) is 11.3 Å². The van der Waals surface area contributed by atoms with Crippen molar-refractivity contribution in [1.29, 1.82) is 0 Å². The Morgan fingerprint density at radius 3 is 2.33 bits per heavy atom. The summed E-state index contributed by atoms with van der Waals surface area (Å²) in [6, 6.07) is 0. The van der Waals surface area contributed by atoms with E-state index in [-0.39, 0.29) is 21.2 Å². The standard InChI is InChI=1S/C6H9INO/c1-4-5(2)8-9-6(4)7-3/h1-3H3/q-1. The van der Waals surface area contributed by atoms with Crippen molar-refractivity contribution < 1.29 is 25.7 Å². The fraction of sp³-hybridized carbons (Fsp3) is 0.500. The van der Waals surface area contributed by atoms with Crippen LogP contribution in [0, 0.1) is 17.6 Å². The summed E-state index contributed by atoms with van der Waals surface area (Å²) in [7, 11) is 0. The molecule has 0 saturated heterocycles. The van der Waals surface area contributed by atoms with Gasteiger partial charge >= 0.3 is 64.7 Å². The number of halogens is 1. The first-order chi connectivity index (χ1) is 4.25. The zero-order valence-corrected chi connectivity index (χ0v) is 7.89. The predicted molar refractivity (Wildman–Crippen MR) is 30.6 cm³/mol. The molecule has 0 radical (unpaired) electrons. The van der Waals surface area contributed by atoms with Gasteiger partial charge in [-0.2, -0.15) is 0 Å². The van der Waals surface area contributed by atoms with Gasteiger partial charge in [0.15, 0.2) is 0 Å². The fourth-order valence-electron chi connectivity index (χ4n) is 0.564. The van der Waals surface area contributed by atoms with Crippen molar-refractivity contribution in [2.75, 3.05) is 4.93 Å². The number of rotatable bonds is 1. The Labute approximate surface area is 64.9 Å². The molecule has 0 fully saturated rings. The van der Waals surface area contributed by atoms with E-state index in [1.54, 1.807) is 0 Å². The van der Waals surface area contributed by atoms with Gasteiger partial charge in [-0.05, 0) is 0 Å². The third-order valence-electron chi connectivity index (χ3n) is 1.27. The summed E-state index contributed by atoms with van der Waals surface area (Å²) in [5.41, 5.74) is 2.27. The van der Waals surface area contributed by atoms with Gasteiger partial charge in [0, 0.05) is 0 Å². The maximum absolute atomic E-state index is 5.04. The molecule has 9 heavy (non-hydrogen) atoms. The number of hydrogen-bond acceptors (Lipinski definition) is 2. The Balaban J connectivity index is 3.04. The Bertz CT molecular complexity index is 207. The first-order valence-electron chi connectivity index (χ1n) is 2.68. The van der Waals surface area contributed by atoms with Crippen LogP contribution in [0.25, 0.3) is 0 Å². The Kier molecular flexibility index (Phi) is 2.10. The minimum atomic E-state index is 0.0793. The van der Waals surface area contributed by atoms with Gasteiger partial charge in [-0.25, -0.2) is 0 Å². The molecular formula is C6H9INO-. The first-order valence-corrected chi connectivity index (χ1v) is 5.91. The Hall–Kier alpha value is -0.0600. The van der Waals surface area contributed by atoms with E-state index >= 15 is 0 Å². The van der Waals surface area contributed by atoms with Crippen LogP contribution >= 0.6 is 0 Å². The van der Waals surface area contributed by atoms with E-state index in [9.17, 15) is 0 Å². The SMILES string of the molecule is C[I-]c1onc(C)c1C. The van der Waals surface area contributed by atoms with Gasteiger partial charge in [-0.3, -0.25) is 0 Å². The summed E-state index contributed by atoms with van der Waals surface area (Å²) in [6.07, 6.45) is 0. The van der Waals surface area contributed by atoms with E-state index in [0.717, 1.165) is 9.46 Å². The van der Waals surface area contributed by atoms with E-state index in [2.05, 4.69) is 17.0 Å². The normalized spacial score (nSPS) is 10.6. The quantitative estimate of drug-likeness (QED) is 0.425. The molecule has 3 heteroatoms. The first kappa shape index (κ1) is 7.05. The molecule has 0 amide bonds. The van der Waals surface area contributed by atoms with Crippen molar-refractivity contribution in [3.05, 3.63) is 15.0 Å². The molecule has 0 saturated carbocycles. The van der Waals surface area contributed by atoms with Crippen molar-refractivity contribution in [3.8, 4) is 0 Å². The molecule has 0 aliphatic carbocycles. The fourth-order valence-corrected chi connectivity index (χ4v) is 2.06. The average Bonchev–Trinajstić information content (AvgIpc) is 2.15. The summed E-state index contributed by atoms with van der Waals surface area (Å²) in [6.45, 7) is 4.03. The summed E-state index contributed by atoms with van der Waals surface area (Å²) in [4.78, 5) is 2.17. The zero-order chi connectivity index (χ0) is 6.85. The zero-order valence-electron chi connectivity index (χ0n) is 5.73. The number of hydrogen-bond donors (Lipinski definition) is 0. The summed E-state index contributed by atoms with van der Waals surface area (Å²) in [5, 5.41) is 3.84. The molecule has 1 rings (SSSR count). The second-order valence-corrected chi connectivity index (χ2v) is 3.91. The van der Waals surface area contributed by atoms with Crippen molar-refractivity contribution in [2.45, 2.75) is 13.8 Å². The van der Waals surface area contributed by atoms with Gasteiger partial charge in [0.2, 0.25) is 0 Å². The van der Waals surface area contributed by atoms with E-state index < -0.39 is 0 Å². The molecular weight excluding hydrogens is 229 g/mol. The monoisotopic (exact) mass is 238 g/mol. The van der Waals surface area contributed by atoms with E-state index in [1.165, 1.54) is 5.56 Å².